The number of carbonyl (C=O) groups is 2. The van der Waals surface area contributed by atoms with Crippen LogP contribution >= 0.6 is 22.9 Å². The molecule has 1 aromatic carbocycles. The van der Waals surface area contributed by atoms with Crippen molar-refractivity contribution in [3.05, 3.63) is 51.7 Å². The van der Waals surface area contributed by atoms with Crippen LogP contribution in [0.1, 0.15) is 43.0 Å². The van der Waals surface area contributed by atoms with E-state index in [2.05, 4.69) is 15.5 Å². The maximum absolute atomic E-state index is 13.4. The third kappa shape index (κ3) is 5.79. The van der Waals surface area contributed by atoms with Crippen LogP contribution in [0.3, 0.4) is 0 Å². The first-order valence-corrected chi connectivity index (χ1v) is 12.3. The molecule has 1 atom stereocenters. The van der Waals surface area contributed by atoms with Gasteiger partial charge in [0.1, 0.15) is 6.04 Å². The normalized spacial score (nSPS) is 19.1. The first-order valence-electron chi connectivity index (χ1n) is 11.0. The van der Waals surface area contributed by atoms with E-state index >= 15 is 0 Å². The van der Waals surface area contributed by atoms with E-state index in [1.54, 1.807) is 24.3 Å². The number of amides is 3. The van der Waals surface area contributed by atoms with Crippen LogP contribution in [0.15, 0.2) is 41.8 Å². The Morgan fingerprint density at radius 2 is 1.71 bits per heavy atom. The molecule has 6 nitrogen and oxygen atoms in total. The lowest BCUT2D eigenvalue weighted by atomic mass is 9.94. The minimum absolute atomic E-state index is 0.0444. The van der Waals surface area contributed by atoms with Crippen LogP contribution in [-0.2, 0) is 4.79 Å². The Labute approximate surface area is 192 Å². The van der Waals surface area contributed by atoms with Gasteiger partial charge in [-0.3, -0.25) is 9.69 Å². The fourth-order valence-electron chi connectivity index (χ4n) is 4.48. The number of benzene rings is 1. The monoisotopic (exact) mass is 460 g/mol. The number of carbonyl (C=O) groups excluding carboxylic acids is 2. The highest BCUT2D eigenvalue weighted by Gasteiger charge is 2.32. The SMILES string of the molecule is O=C(Nc1ccc(Cl)cc1)N[C@H](C(=O)N1CCN(C2CCCCC2)CC1)c1cccs1. The Balaban J connectivity index is 1.37. The minimum atomic E-state index is -0.687. The number of nitrogens with zero attached hydrogens (tertiary/aromatic N) is 2. The van der Waals surface area contributed by atoms with Gasteiger partial charge in [0, 0.05) is 47.8 Å². The van der Waals surface area contributed by atoms with Gasteiger partial charge >= 0.3 is 6.03 Å². The molecular formula is C23H29ClN4O2S. The molecule has 8 heteroatoms. The van der Waals surface area contributed by atoms with E-state index in [0.717, 1.165) is 18.0 Å². The zero-order valence-corrected chi connectivity index (χ0v) is 19.1. The fourth-order valence-corrected chi connectivity index (χ4v) is 5.37. The Hall–Kier alpha value is -2.09. The summed E-state index contributed by atoms with van der Waals surface area (Å²) >= 11 is 7.39. The van der Waals surface area contributed by atoms with Gasteiger partial charge in [0.25, 0.3) is 5.91 Å². The van der Waals surface area contributed by atoms with Crippen LogP contribution in [0.2, 0.25) is 5.02 Å². The number of piperazine rings is 1. The average Bonchev–Trinajstić information content (AvgIpc) is 3.34. The van der Waals surface area contributed by atoms with Crippen LogP contribution in [0, 0.1) is 0 Å². The van der Waals surface area contributed by atoms with Crippen molar-refractivity contribution < 1.29 is 9.59 Å². The maximum Gasteiger partial charge on any atom is 0.320 e. The first-order chi connectivity index (χ1) is 15.1. The Morgan fingerprint density at radius 3 is 2.35 bits per heavy atom. The molecule has 1 aromatic heterocycles. The molecule has 0 unspecified atom stereocenters. The molecule has 1 saturated carbocycles. The topological polar surface area (TPSA) is 64.7 Å². The molecule has 1 saturated heterocycles. The summed E-state index contributed by atoms with van der Waals surface area (Å²) in [6, 6.07) is 10.3. The van der Waals surface area contributed by atoms with Gasteiger partial charge in [0.15, 0.2) is 0 Å². The molecule has 1 aliphatic carbocycles. The lowest BCUT2D eigenvalue weighted by Crippen LogP contribution is -2.54. The lowest BCUT2D eigenvalue weighted by Gasteiger charge is -2.41. The molecule has 2 heterocycles. The number of rotatable bonds is 5. The van der Waals surface area contributed by atoms with E-state index < -0.39 is 12.1 Å². The van der Waals surface area contributed by atoms with E-state index in [1.807, 2.05) is 22.4 Å². The molecule has 2 N–H and O–H groups in total. The van der Waals surface area contributed by atoms with Crippen molar-refractivity contribution in [1.29, 1.82) is 0 Å². The summed E-state index contributed by atoms with van der Waals surface area (Å²) in [5.41, 5.74) is 0.625. The minimum Gasteiger partial charge on any atom is -0.338 e. The molecule has 2 aromatic rings. The number of thiophene rings is 1. The molecule has 0 radical (unpaired) electrons. The van der Waals surface area contributed by atoms with Crippen molar-refractivity contribution in [3.8, 4) is 0 Å². The number of hydrogen-bond acceptors (Lipinski definition) is 4. The lowest BCUT2D eigenvalue weighted by molar-refractivity contribution is -0.135. The van der Waals surface area contributed by atoms with Crippen molar-refractivity contribution in [2.45, 2.75) is 44.2 Å². The quantitative estimate of drug-likeness (QED) is 0.677. The van der Waals surface area contributed by atoms with Gasteiger partial charge in [-0.25, -0.2) is 4.79 Å². The van der Waals surface area contributed by atoms with Crippen molar-refractivity contribution in [2.24, 2.45) is 0 Å². The number of nitrogens with one attached hydrogen (secondary N) is 2. The van der Waals surface area contributed by atoms with Gasteiger partial charge in [-0.15, -0.1) is 11.3 Å². The van der Waals surface area contributed by atoms with Crippen molar-refractivity contribution in [2.75, 3.05) is 31.5 Å². The van der Waals surface area contributed by atoms with E-state index in [4.69, 9.17) is 11.6 Å². The summed E-state index contributed by atoms with van der Waals surface area (Å²) in [6.07, 6.45) is 6.53. The molecule has 1 aliphatic heterocycles. The molecule has 0 bridgehead atoms. The first kappa shape index (κ1) is 22.1. The molecule has 2 aliphatic rings. The average molecular weight is 461 g/mol. The van der Waals surface area contributed by atoms with Gasteiger partial charge in [-0.1, -0.05) is 36.9 Å². The third-order valence-corrected chi connectivity index (χ3v) is 7.36. The molecular weight excluding hydrogens is 432 g/mol. The van der Waals surface area contributed by atoms with E-state index in [0.29, 0.717) is 29.8 Å². The van der Waals surface area contributed by atoms with Crippen molar-refractivity contribution in [1.82, 2.24) is 15.1 Å². The molecule has 166 valence electrons. The van der Waals surface area contributed by atoms with Gasteiger partial charge in [0.05, 0.1) is 0 Å². The molecule has 2 fully saturated rings. The van der Waals surface area contributed by atoms with Crippen LogP contribution < -0.4 is 10.6 Å². The zero-order valence-electron chi connectivity index (χ0n) is 17.6. The molecule has 31 heavy (non-hydrogen) atoms. The standard InChI is InChI=1S/C23H29ClN4O2S/c24-17-8-10-18(11-9-17)25-23(30)26-21(20-7-4-16-31-20)22(29)28-14-12-27(13-15-28)19-5-2-1-3-6-19/h4,7-11,16,19,21H,1-3,5-6,12-15H2,(H2,25,26,30)/t21-/m0/s1. The van der Waals surface area contributed by atoms with Crippen molar-refractivity contribution >= 4 is 40.6 Å². The van der Waals surface area contributed by atoms with Crippen LogP contribution in [0.5, 0.6) is 0 Å². The molecule has 4 rings (SSSR count). The highest BCUT2D eigenvalue weighted by molar-refractivity contribution is 7.10. The van der Waals surface area contributed by atoms with E-state index in [-0.39, 0.29) is 5.91 Å². The number of halogens is 1. The number of urea groups is 1. The second-order valence-corrected chi connectivity index (χ2v) is 9.62. The number of hydrogen-bond donors (Lipinski definition) is 2. The summed E-state index contributed by atoms with van der Waals surface area (Å²) in [5, 5.41) is 8.19. The Kier molecular flexibility index (Phi) is 7.48. The largest absolute Gasteiger partial charge is 0.338 e. The maximum atomic E-state index is 13.4. The fraction of sp³-hybridized carbons (Fsp3) is 0.478. The summed E-state index contributed by atoms with van der Waals surface area (Å²) in [5.74, 6) is -0.0444. The van der Waals surface area contributed by atoms with Gasteiger partial charge in [-0.05, 0) is 48.6 Å². The summed E-state index contributed by atoms with van der Waals surface area (Å²) in [4.78, 5) is 31.3. The highest BCUT2D eigenvalue weighted by atomic mass is 35.5. The smallest absolute Gasteiger partial charge is 0.320 e. The second kappa shape index (κ2) is 10.5. The third-order valence-electron chi connectivity index (χ3n) is 6.17. The summed E-state index contributed by atoms with van der Waals surface area (Å²) < 4.78 is 0. The van der Waals surface area contributed by atoms with E-state index in [9.17, 15) is 9.59 Å². The van der Waals surface area contributed by atoms with Gasteiger partial charge in [0.2, 0.25) is 0 Å². The predicted octanol–water partition coefficient (Wildman–Crippen LogP) is 4.74. The van der Waals surface area contributed by atoms with Crippen molar-refractivity contribution in [3.63, 3.8) is 0 Å². The Bertz CT molecular complexity index is 860. The number of anilines is 1. The molecule has 3 amide bonds. The van der Waals surface area contributed by atoms with Gasteiger partial charge in [-0.2, -0.15) is 0 Å². The second-order valence-electron chi connectivity index (χ2n) is 8.21. The highest BCUT2D eigenvalue weighted by Crippen LogP contribution is 2.26. The van der Waals surface area contributed by atoms with Crippen LogP contribution in [0.4, 0.5) is 10.5 Å². The Morgan fingerprint density at radius 1 is 1.00 bits per heavy atom. The summed E-state index contributed by atoms with van der Waals surface area (Å²) in [7, 11) is 0. The van der Waals surface area contributed by atoms with Gasteiger partial charge < -0.3 is 15.5 Å². The zero-order chi connectivity index (χ0) is 21.6. The summed E-state index contributed by atoms with van der Waals surface area (Å²) in [6.45, 7) is 3.23. The van der Waals surface area contributed by atoms with Crippen LogP contribution in [0.25, 0.3) is 0 Å². The van der Waals surface area contributed by atoms with E-state index in [1.165, 1.54) is 43.4 Å². The predicted molar refractivity (Wildman–Crippen MR) is 126 cm³/mol. The van der Waals surface area contributed by atoms with Crippen LogP contribution in [-0.4, -0.2) is 54.0 Å². The molecule has 0 spiro atoms.